The first-order valence-electron chi connectivity index (χ1n) is 21.2. The van der Waals surface area contributed by atoms with Crippen LogP contribution in [0.4, 0.5) is 34.1 Å². The topological polar surface area (TPSA) is 6.48 Å². The molecule has 0 fully saturated rings. The predicted octanol–water partition coefficient (Wildman–Crippen LogP) is 16.6. The second-order valence-corrected chi connectivity index (χ2v) is 16.6. The molecule has 1 aliphatic rings. The van der Waals surface area contributed by atoms with Crippen LogP contribution in [0.2, 0.25) is 0 Å². The van der Waals surface area contributed by atoms with Crippen molar-refractivity contribution >= 4 is 55.7 Å². The molecule has 10 aromatic carbocycles. The number of benzene rings is 10. The van der Waals surface area contributed by atoms with Gasteiger partial charge in [0.2, 0.25) is 0 Å². The Kier molecular flexibility index (Phi) is 8.86. The van der Waals surface area contributed by atoms with Crippen LogP contribution in [-0.4, -0.2) is 0 Å². The van der Waals surface area contributed by atoms with Crippen LogP contribution in [0.1, 0.15) is 25.0 Å². The monoisotopic (exact) mass is 780 g/mol. The molecule has 10 aromatic rings. The molecule has 0 unspecified atom stereocenters. The van der Waals surface area contributed by atoms with E-state index in [1.807, 2.05) is 0 Å². The summed E-state index contributed by atoms with van der Waals surface area (Å²) in [4.78, 5) is 4.85. The quantitative estimate of drug-likeness (QED) is 0.159. The lowest BCUT2D eigenvalue weighted by Crippen LogP contribution is -2.31. The van der Waals surface area contributed by atoms with E-state index in [2.05, 4.69) is 254 Å². The number of para-hydroxylation sites is 3. The number of rotatable bonds is 7. The van der Waals surface area contributed by atoms with E-state index in [1.165, 1.54) is 83.1 Å². The van der Waals surface area contributed by atoms with Gasteiger partial charge in [-0.25, -0.2) is 0 Å². The van der Waals surface area contributed by atoms with Gasteiger partial charge in [-0.1, -0.05) is 190 Å². The number of hydrogen-bond acceptors (Lipinski definition) is 2. The molecule has 2 nitrogen and oxygen atoms in total. The van der Waals surface area contributed by atoms with Crippen molar-refractivity contribution in [3.63, 3.8) is 0 Å². The maximum atomic E-state index is 2.55. The van der Waals surface area contributed by atoms with Gasteiger partial charge in [-0.2, -0.15) is 0 Å². The summed E-state index contributed by atoms with van der Waals surface area (Å²) in [6.45, 7) is 4.78. The van der Waals surface area contributed by atoms with Crippen LogP contribution in [0.5, 0.6) is 0 Å². The van der Waals surface area contributed by atoms with Crippen molar-refractivity contribution < 1.29 is 0 Å². The van der Waals surface area contributed by atoms with E-state index in [4.69, 9.17) is 0 Å². The predicted molar refractivity (Wildman–Crippen MR) is 259 cm³/mol. The van der Waals surface area contributed by atoms with E-state index in [-0.39, 0.29) is 5.41 Å². The molecule has 0 radical (unpaired) electrons. The minimum atomic E-state index is -0.258. The van der Waals surface area contributed by atoms with E-state index >= 15 is 0 Å². The average molecular weight is 781 g/mol. The van der Waals surface area contributed by atoms with Crippen LogP contribution in [0, 0.1) is 0 Å². The SMILES string of the molecule is CC1(C)c2ccccc2N(c2c(-c3ccc(-c4ccc(N(c5ccccc5)c5ccccc5)cc4)cc3)ccc3ccccc23)c2cccc(-c3ccc4ccccc4c3)c21. The molecule has 0 atom stereocenters. The Balaban J connectivity index is 1.03. The van der Waals surface area contributed by atoms with Gasteiger partial charge >= 0.3 is 0 Å². The van der Waals surface area contributed by atoms with Gasteiger partial charge < -0.3 is 9.80 Å². The van der Waals surface area contributed by atoms with Gasteiger partial charge in [-0.15, -0.1) is 0 Å². The van der Waals surface area contributed by atoms with Gasteiger partial charge in [0.15, 0.2) is 0 Å². The van der Waals surface area contributed by atoms with Gasteiger partial charge in [-0.3, -0.25) is 0 Å². The Bertz CT molecular complexity index is 3160. The fourth-order valence-corrected chi connectivity index (χ4v) is 9.66. The van der Waals surface area contributed by atoms with Crippen LogP contribution >= 0.6 is 0 Å². The maximum absolute atomic E-state index is 2.55. The summed E-state index contributed by atoms with van der Waals surface area (Å²) in [5, 5.41) is 4.94. The fourth-order valence-electron chi connectivity index (χ4n) is 9.66. The lowest BCUT2D eigenvalue weighted by molar-refractivity contribution is 0.634. The second kappa shape index (κ2) is 14.9. The Morgan fingerprint density at radius 2 is 0.885 bits per heavy atom. The average Bonchev–Trinajstić information content (AvgIpc) is 3.32. The van der Waals surface area contributed by atoms with Gasteiger partial charge in [-0.05, 0) is 110 Å². The van der Waals surface area contributed by atoms with E-state index in [0.717, 1.165) is 17.1 Å². The minimum Gasteiger partial charge on any atom is -0.311 e. The number of hydrogen-bond donors (Lipinski definition) is 0. The summed E-state index contributed by atoms with van der Waals surface area (Å²) in [5.74, 6) is 0. The summed E-state index contributed by atoms with van der Waals surface area (Å²) >= 11 is 0. The maximum Gasteiger partial charge on any atom is 0.0618 e. The van der Waals surface area contributed by atoms with Crippen LogP contribution in [-0.2, 0) is 5.41 Å². The molecule has 0 spiro atoms. The summed E-state index contributed by atoms with van der Waals surface area (Å²) in [5.41, 5.74) is 16.6. The Labute approximate surface area is 358 Å². The van der Waals surface area contributed by atoms with Gasteiger partial charge in [0.1, 0.15) is 0 Å². The van der Waals surface area contributed by atoms with Crippen LogP contribution < -0.4 is 9.80 Å². The first-order chi connectivity index (χ1) is 30.0. The van der Waals surface area contributed by atoms with Gasteiger partial charge in [0, 0.05) is 33.4 Å². The second-order valence-electron chi connectivity index (χ2n) is 16.6. The summed E-state index contributed by atoms with van der Waals surface area (Å²) in [7, 11) is 0. The molecular weight excluding hydrogens is 737 g/mol. The normalized spacial score (nSPS) is 12.9. The number of fused-ring (bicyclic) bond motifs is 4. The van der Waals surface area contributed by atoms with Crippen molar-refractivity contribution in [1.82, 2.24) is 0 Å². The van der Waals surface area contributed by atoms with E-state index in [0.29, 0.717) is 0 Å². The highest BCUT2D eigenvalue weighted by atomic mass is 15.2. The van der Waals surface area contributed by atoms with E-state index in [1.54, 1.807) is 0 Å². The van der Waals surface area contributed by atoms with E-state index in [9.17, 15) is 0 Å². The summed E-state index contributed by atoms with van der Waals surface area (Å²) < 4.78 is 0. The molecule has 0 bridgehead atoms. The summed E-state index contributed by atoms with van der Waals surface area (Å²) in [6, 6.07) is 84.1. The summed E-state index contributed by atoms with van der Waals surface area (Å²) in [6.07, 6.45) is 0. The number of anilines is 6. The molecule has 1 heterocycles. The standard InChI is InChI=1S/C59H44N2/c1-59(2)54-25-13-14-26-55(54)61(56-27-15-24-51(57(56)59)47-33-30-41-16-9-10-18-46(41)40-47)58-52-23-12-11-17-44(52)36-39-53(58)45-31-28-42(29-32-45)43-34-37-50(38-35-43)60(48-19-5-3-6-20-48)49-21-7-4-8-22-49/h3-40H,1-2H3. The first kappa shape index (κ1) is 36.4. The molecule has 0 saturated heterocycles. The highest BCUT2D eigenvalue weighted by molar-refractivity contribution is 6.08. The highest BCUT2D eigenvalue weighted by Gasteiger charge is 2.39. The molecule has 0 saturated carbocycles. The largest absolute Gasteiger partial charge is 0.311 e. The number of nitrogens with zero attached hydrogens (tertiary/aromatic N) is 2. The fraction of sp³-hybridized carbons (Fsp3) is 0.0508. The molecule has 0 aliphatic carbocycles. The third-order valence-electron chi connectivity index (χ3n) is 12.6. The first-order valence-corrected chi connectivity index (χ1v) is 21.2. The van der Waals surface area contributed by atoms with Gasteiger partial charge in [0.25, 0.3) is 0 Å². The van der Waals surface area contributed by atoms with Crippen LogP contribution in [0.25, 0.3) is 54.9 Å². The van der Waals surface area contributed by atoms with Crippen molar-refractivity contribution in [2.75, 3.05) is 9.80 Å². The zero-order valence-electron chi connectivity index (χ0n) is 34.3. The van der Waals surface area contributed by atoms with Crippen molar-refractivity contribution in [3.05, 3.63) is 242 Å². The smallest absolute Gasteiger partial charge is 0.0618 e. The minimum absolute atomic E-state index is 0.258. The molecule has 0 N–H and O–H groups in total. The third-order valence-corrected chi connectivity index (χ3v) is 12.6. The zero-order valence-corrected chi connectivity index (χ0v) is 34.3. The Hall–Kier alpha value is -7.68. The molecule has 290 valence electrons. The van der Waals surface area contributed by atoms with Crippen molar-refractivity contribution in [2.45, 2.75) is 19.3 Å². The Morgan fingerprint density at radius 1 is 0.361 bits per heavy atom. The Morgan fingerprint density at radius 3 is 1.61 bits per heavy atom. The third kappa shape index (κ3) is 6.27. The van der Waals surface area contributed by atoms with Crippen molar-refractivity contribution in [1.29, 1.82) is 0 Å². The van der Waals surface area contributed by atoms with Crippen molar-refractivity contribution in [2.24, 2.45) is 0 Å². The molecular formula is C59H44N2. The molecule has 61 heavy (non-hydrogen) atoms. The van der Waals surface area contributed by atoms with Crippen LogP contribution in [0.15, 0.2) is 231 Å². The zero-order chi connectivity index (χ0) is 40.9. The lowest BCUT2D eigenvalue weighted by atomic mass is 9.70. The van der Waals surface area contributed by atoms with Gasteiger partial charge in [0.05, 0.1) is 17.1 Å². The molecule has 0 aromatic heterocycles. The lowest BCUT2D eigenvalue weighted by Gasteiger charge is -2.44. The highest BCUT2D eigenvalue weighted by Crippen LogP contribution is 2.57. The molecule has 0 amide bonds. The molecule has 11 rings (SSSR count). The molecule has 2 heteroatoms. The van der Waals surface area contributed by atoms with Crippen molar-refractivity contribution in [3.8, 4) is 33.4 Å². The van der Waals surface area contributed by atoms with Crippen LogP contribution in [0.3, 0.4) is 0 Å². The van der Waals surface area contributed by atoms with E-state index < -0.39 is 0 Å². The molecule has 1 aliphatic heterocycles.